The second-order valence-electron chi connectivity index (χ2n) is 4.63. The molecule has 0 bridgehead atoms. The number of phenolic OH excluding ortho intramolecular Hbond substituents is 1. The number of carbonyl (C=O) groups is 1. The molecule has 0 aliphatic carbocycles. The Morgan fingerprint density at radius 3 is 2.62 bits per heavy atom. The van der Waals surface area contributed by atoms with Crippen LogP contribution in [0.1, 0.15) is 43.7 Å². The van der Waals surface area contributed by atoms with Gasteiger partial charge >= 0.3 is 5.97 Å². The Morgan fingerprint density at radius 1 is 1.46 bits per heavy atom. The number of carbonyl (C=O) groups excluding carboxylic acids is 1. The van der Waals surface area contributed by atoms with Gasteiger partial charge in [0.2, 0.25) is 0 Å². The van der Waals surface area contributed by atoms with E-state index in [4.69, 9.17) is 24.4 Å². The van der Waals surface area contributed by atoms with E-state index in [0.29, 0.717) is 25.7 Å². The molecule has 1 N–H and O–H groups in total. The Morgan fingerprint density at radius 2 is 2.08 bits per heavy atom. The summed E-state index contributed by atoms with van der Waals surface area (Å²) >= 11 is 6.20. The Bertz CT molecular complexity index is 736. The zero-order valence-electron chi connectivity index (χ0n) is 14.2. The number of nitrogens with zero attached hydrogens (tertiary/aromatic N) is 1. The SMILES string of the molecule is CC.[B]c1c(F)c(O)cc2c1c(CPCC)c(C(=O)OCC)n2Cl. The van der Waals surface area contributed by atoms with E-state index in [9.17, 15) is 14.3 Å². The third kappa shape index (κ3) is 3.86. The number of rotatable bonds is 5. The van der Waals surface area contributed by atoms with E-state index in [1.807, 2.05) is 20.8 Å². The van der Waals surface area contributed by atoms with Crippen LogP contribution in [-0.2, 0) is 10.9 Å². The largest absolute Gasteiger partial charge is 0.505 e. The molecule has 0 fully saturated rings. The Kier molecular flexibility index (Phi) is 8.04. The lowest BCUT2D eigenvalue weighted by atomic mass is 9.89. The Labute approximate surface area is 149 Å². The fraction of sp³-hybridized carbons (Fsp3) is 0.438. The zero-order valence-corrected chi connectivity index (χ0v) is 16.0. The number of ether oxygens (including phenoxy) is 1. The monoisotopic (exact) mass is 371 g/mol. The molecule has 0 aliphatic rings. The molecule has 2 aromatic rings. The summed E-state index contributed by atoms with van der Waals surface area (Å²) in [6.45, 7) is 7.90. The van der Waals surface area contributed by atoms with E-state index in [-0.39, 0.29) is 23.3 Å². The number of fused-ring (bicyclic) bond motifs is 1. The molecular formula is C16H21BClFNO3P. The zero-order chi connectivity index (χ0) is 18.4. The van der Waals surface area contributed by atoms with Crippen molar-refractivity contribution in [3.63, 3.8) is 0 Å². The number of aromatic hydroxyl groups is 1. The van der Waals surface area contributed by atoms with Crippen LogP contribution >= 0.6 is 20.4 Å². The van der Waals surface area contributed by atoms with Gasteiger partial charge in [0.15, 0.2) is 11.6 Å². The molecule has 2 rings (SSSR count). The van der Waals surface area contributed by atoms with E-state index in [0.717, 1.165) is 16.3 Å². The smallest absolute Gasteiger partial charge is 0.356 e. The number of hydrogen-bond acceptors (Lipinski definition) is 3. The lowest BCUT2D eigenvalue weighted by molar-refractivity contribution is 0.0518. The van der Waals surface area contributed by atoms with Crippen molar-refractivity contribution in [3.05, 3.63) is 23.1 Å². The molecule has 4 nitrogen and oxygen atoms in total. The fourth-order valence-electron chi connectivity index (χ4n) is 2.30. The second-order valence-corrected chi connectivity index (χ2v) is 6.52. The van der Waals surface area contributed by atoms with Crippen molar-refractivity contribution in [2.24, 2.45) is 0 Å². The highest BCUT2D eigenvalue weighted by Crippen LogP contribution is 2.34. The minimum absolute atomic E-state index is 0.135. The number of phenols is 1. The van der Waals surface area contributed by atoms with E-state index in [1.165, 1.54) is 0 Å². The van der Waals surface area contributed by atoms with Gasteiger partial charge in [0.1, 0.15) is 13.5 Å². The average Bonchev–Trinajstić information content (AvgIpc) is 2.85. The molecule has 130 valence electrons. The maximum Gasteiger partial charge on any atom is 0.356 e. The third-order valence-electron chi connectivity index (χ3n) is 3.28. The van der Waals surface area contributed by atoms with Gasteiger partial charge in [0.05, 0.1) is 12.1 Å². The molecular weight excluding hydrogens is 350 g/mol. The first kappa shape index (κ1) is 20.8. The number of hydrogen-bond donors (Lipinski definition) is 1. The molecule has 0 aliphatic heterocycles. The summed E-state index contributed by atoms with van der Waals surface area (Å²) in [6, 6.07) is 1.16. The molecule has 8 heteroatoms. The van der Waals surface area contributed by atoms with Crippen LogP contribution in [-0.4, -0.2) is 35.8 Å². The quantitative estimate of drug-likeness (QED) is 0.495. The lowest BCUT2D eigenvalue weighted by Gasteiger charge is -2.06. The van der Waals surface area contributed by atoms with Crippen molar-refractivity contribution in [3.8, 4) is 5.75 Å². The van der Waals surface area contributed by atoms with Gasteiger partial charge in [-0.25, -0.2) is 13.3 Å². The summed E-state index contributed by atoms with van der Waals surface area (Å²) in [6.07, 6.45) is 1.45. The summed E-state index contributed by atoms with van der Waals surface area (Å²) in [5.74, 6) is -2.11. The summed E-state index contributed by atoms with van der Waals surface area (Å²) in [5, 5.41) is 9.96. The topological polar surface area (TPSA) is 51.5 Å². The van der Waals surface area contributed by atoms with Crippen LogP contribution in [0.15, 0.2) is 6.07 Å². The van der Waals surface area contributed by atoms with Crippen LogP contribution in [0.2, 0.25) is 0 Å². The van der Waals surface area contributed by atoms with Gasteiger partial charge in [0.25, 0.3) is 0 Å². The second kappa shape index (κ2) is 9.29. The molecule has 1 atom stereocenters. The average molecular weight is 372 g/mol. The van der Waals surface area contributed by atoms with Crippen molar-refractivity contribution in [2.75, 3.05) is 12.8 Å². The predicted molar refractivity (Wildman–Crippen MR) is 100 cm³/mol. The van der Waals surface area contributed by atoms with E-state index in [1.54, 1.807) is 6.92 Å². The highest BCUT2D eigenvalue weighted by atomic mass is 35.5. The van der Waals surface area contributed by atoms with Crippen LogP contribution in [0.5, 0.6) is 5.75 Å². The minimum Gasteiger partial charge on any atom is -0.505 e. The van der Waals surface area contributed by atoms with Gasteiger partial charge in [-0.15, -0.1) is 8.58 Å². The number of esters is 1. The number of benzene rings is 1. The van der Waals surface area contributed by atoms with Gasteiger partial charge < -0.3 is 9.84 Å². The molecule has 1 heterocycles. The summed E-state index contributed by atoms with van der Waals surface area (Å²) in [5.41, 5.74) is 0.768. The maximum atomic E-state index is 13.9. The molecule has 0 saturated heterocycles. The normalized spacial score (nSPS) is 10.9. The van der Waals surface area contributed by atoms with Crippen molar-refractivity contribution < 1.29 is 19.0 Å². The van der Waals surface area contributed by atoms with Crippen molar-refractivity contribution in [1.29, 1.82) is 0 Å². The summed E-state index contributed by atoms with van der Waals surface area (Å²) < 4.78 is 20.0. The highest BCUT2D eigenvalue weighted by molar-refractivity contribution is 7.37. The fourth-order valence-corrected chi connectivity index (χ4v) is 3.45. The number of halogens is 2. The first-order valence-corrected chi connectivity index (χ1v) is 9.57. The molecule has 1 aromatic carbocycles. The standard InChI is InChI=1S/C14H15BClFNO3P.C2H6/c1-3-21-14(20)13-7(6-22-4-2)10-8(18(13)16)5-9(19)12(17)11(10)15;1-2/h5,19,22H,3-4,6H2,1-2H3;1-2H3. The van der Waals surface area contributed by atoms with E-state index in [2.05, 4.69) is 0 Å². The van der Waals surface area contributed by atoms with Crippen LogP contribution < -0.4 is 5.46 Å². The summed E-state index contributed by atoms with van der Waals surface area (Å²) in [4.78, 5) is 12.2. The molecule has 0 amide bonds. The lowest BCUT2D eigenvalue weighted by Crippen LogP contribution is -2.12. The first-order chi connectivity index (χ1) is 11.4. The van der Waals surface area contributed by atoms with Crippen molar-refractivity contribution in [2.45, 2.75) is 33.9 Å². The van der Waals surface area contributed by atoms with E-state index < -0.39 is 17.5 Å². The Hall–Kier alpha value is -1.26. The van der Waals surface area contributed by atoms with Gasteiger partial charge in [-0.1, -0.05) is 20.8 Å². The minimum atomic E-state index is -0.911. The molecule has 2 radical (unpaired) electrons. The van der Waals surface area contributed by atoms with Crippen LogP contribution in [0.3, 0.4) is 0 Å². The maximum absolute atomic E-state index is 13.9. The van der Waals surface area contributed by atoms with Crippen LogP contribution in [0.25, 0.3) is 10.9 Å². The van der Waals surface area contributed by atoms with Crippen molar-refractivity contribution in [1.82, 2.24) is 4.09 Å². The highest BCUT2D eigenvalue weighted by Gasteiger charge is 2.26. The number of aromatic nitrogens is 1. The first-order valence-electron chi connectivity index (χ1n) is 7.82. The molecule has 0 saturated carbocycles. The molecule has 1 unspecified atom stereocenters. The Balaban J connectivity index is 0.00000139. The van der Waals surface area contributed by atoms with Crippen LogP contribution in [0, 0.1) is 5.82 Å². The van der Waals surface area contributed by atoms with Crippen molar-refractivity contribution >= 4 is 50.5 Å². The van der Waals surface area contributed by atoms with Gasteiger partial charge in [-0.3, -0.25) is 0 Å². The molecule has 24 heavy (non-hydrogen) atoms. The molecule has 0 spiro atoms. The summed E-state index contributed by atoms with van der Waals surface area (Å²) in [7, 11) is 6.32. The van der Waals surface area contributed by atoms with Gasteiger partial charge in [0, 0.05) is 23.2 Å². The molecule has 1 aromatic heterocycles. The third-order valence-corrected chi connectivity index (χ3v) is 4.73. The predicted octanol–water partition coefficient (Wildman–Crippen LogP) is 3.68. The van der Waals surface area contributed by atoms with E-state index >= 15 is 0 Å². The van der Waals surface area contributed by atoms with Gasteiger partial charge in [-0.2, -0.15) is 0 Å². The van der Waals surface area contributed by atoms with Gasteiger partial charge in [-0.05, 0) is 30.3 Å². The van der Waals surface area contributed by atoms with Crippen LogP contribution in [0.4, 0.5) is 4.39 Å².